The number of hydrogen-bond donors (Lipinski definition) is 0. The first-order chi connectivity index (χ1) is 6.38. The van der Waals surface area contributed by atoms with Crippen LogP contribution < -0.4 is 26.8 Å². The topological polar surface area (TPSA) is 32.3 Å². The van der Waals surface area contributed by atoms with Crippen molar-refractivity contribution in [3.63, 3.8) is 0 Å². The molecule has 0 saturated heterocycles. The van der Waals surface area contributed by atoms with Gasteiger partial charge in [0, 0.05) is 0 Å². The summed E-state index contributed by atoms with van der Waals surface area (Å²) in [6.07, 6.45) is 0. The van der Waals surface area contributed by atoms with E-state index in [9.17, 15) is 5.11 Å². The van der Waals surface area contributed by atoms with Gasteiger partial charge in [-0.1, -0.05) is 32.9 Å². The summed E-state index contributed by atoms with van der Waals surface area (Å²) in [4.78, 5) is 0. The van der Waals surface area contributed by atoms with Crippen LogP contribution in [0.2, 0.25) is 0 Å². The summed E-state index contributed by atoms with van der Waals surface area (Å²) in [5.74, 6) is 0.782. The first kappa shape index (κ1) is 18.4. The van der Waals surface area contributed by atoms with Crippen LogP contribution in [0, 0.1) is 6.92 Å². The van der Waals surface area contributed by atoms with Crippen molar-refractivity contribution in [3.05, 3.63) is 23.3 Å². The van der Waals surface area contributed by atoms with Crippen molar-refractivity contribution in [1.29, 1.82) is 0 Å². The molecular weight excluding hydrogens is 280 g/mol. The molecular formula is C12H17BrMgO2. The van der Waals surface area contributed by atoms with Gasteiger partial charge in [0.25, 0.3) is 0 Å². The first-order valence-electron chi connectivity index (χ1n) is 4.73. The van der Waals surface area contributed by atoms with Crippen LogP contribution in [0.5, 0.6) is 11.5 Å². The molecule has 0 aliphatic rings. The molecule has 0 fully saturated rings. The molecule has 0 bridgehead atoms. The zero-order chi connectivity index (χ0) is 10.9. The maximum Gasteiger partial charge on any atom is 2.00 e. The fourth-order valence-electron chi connectivity index (χ4n) is 1.64. The van der Waals surface area contributed by atoms with E-state index in [2.05, 4.69) is 0 Å². The molecule has 2 nitrogen and oxygen atoms in total. The third-order valence-corrected chi connectivity index (χ3v) is 2.27. The van der Waals surface area contributed by atoms with Crippen LogP contribution in [0.15, 0.2) is 12.1 Å². The van der Waals surface area contributed by atoms with Gasteiger partial charge in [-0.2, -0.15) is 0 Å². The number of rotatable bonds is 1. The van der Waals surface area contributed by atoms with Crippen LogP contribution in [-0.4, -0.2) is 30.2 Å². The summed E-state index contributed by atoms with van der Waals surface area (Å²) in [7, 11) is 1.61. The number of halogens is 1. The third-order valence-electron chi connectivity index (χ3n) is 2.27. The Morgan fingerprint density at radius 1 is 1.19 bits per heavy atom. The van der Waals surface area contributed by atoms with Gasteiger partial charge in [-0.3, -0.25) is 0 Å². The summed E-state index contributed by atoms with van der Waals surface area (Å²) in [5, 5.41) is 11.7. The van der Waals surface area contributed by atoms with Gasteiger partial charge in [0.1, 0.15) is 5.75 Å². The summed E-state index contributed by atoms with van der Waals surface area (Å²) >= 11 is 0. The predicted molar refractivity (Wildman–Crippen MR) is 61.6 cm³/mol. The maximum absolute atomic E-state index is 11.7. The van der Waals surface area contributed by atoms with Gasteiger partial charge in [-0.15, -0.1) is 5.75 Å². The van der Waals surface area contributed by atoms with Crippen molar-refractivity contribution in [2.45, 2.75) is 33.1 Å². The van der Waals surface area contributed by atoms with Crippen molar-refractivity contribution >= 4 is 23.1 Å². The molecule has 0 unspecified atom stereocenters. The van der Waals surface area contributed by atoms with E-state index in [0.717, 1.165) is 16.9 Å². The molecule has 0 aliphatic carbocycles. The Kier molecular flexibility index (Phi) is 7.74. The van der Waals surface area contributed by atoms with Gasteiger partial charge in [0.05, 0.1) is 7.11 Å². The standard InChI is InChI=1S/C12H18O2.BrH.Mg/c1-8-6-7-9(13)10(11(8)14-5)12(2,3)4;;/h6-7,13H,1-5H3;1H;/q;;+2/p-2. The smallest absolute Gasteiger partial charge is 1.00 e. The molecule has 0 atom stereocenters. The minimum atomic E-state index is -0.172. The minimum absolute atomic E-state index is 0. The van der Waals surface area contributed by atoms with E-state index >= 15 is 0 Å². The molecule has 4 heteroatoms. The Balaban J connectivity index is 0. The van der Waals surface area contributed by atoms with Crippen molar-refractivity contribution in [2.75, 3.05) is 7.11 Å². The van der Waals surface area contributed by atoms with Crippen molar-refractivity contribution in [3.8, 4) is 11.5 Å². The van der Waals surface area contributed by atoms with Gasteiger partial charge in [-0.05, 0) is 23.5 Å². The number of hydrogen-bond acceptors (Lipinski definition) is 2. The van der Waals surface area contributed by atoms with Crippen LogP contribution in [0.3, 0.4) is 0 Å². The van der Waals surface area contributed by atoms with Crippen molar-refractivity contribution in [1.82, 2.24) is 0 Å². The number of aryl methyl sites for hydroxylation is 1. The molecule has 0 radical (unpaired) electrons. The Morgan fingerprint density at radius 2 is 1.69 bits per heavy atom. The molecule has 0 heterocycles. The van der Waals surface area contributed by atoms with E-state index < -0.39 is 0 Å². The molecule has 0 N–H and O–H groups in total. The van der Waals surface area contributed by atoms with Gasteiger partial charge in [0.15, 0.2) is 0 Å². The van der Waals surface area contributed by atoms with Gasteiger partial charge in [0.2, 0.25) is 0 Å². The minimum Gasteiger partial charge on any atom is -1.00 e. The van der Waals surface area contributed by atoms with Crippen LogP contribution in [0.25, 0.3) is 0 Å². The molecule has 0 aliphatic heterocycles. The Morgan fingerprint density at radius 3 is 2.00 bits per heavy atom. The second-order valence-corrected chi connectivity index (χ2v) is 4.54. The van der Waals surface area contributed by atoms with Gasteiger partial charge in [-0.25, -0.2) is 0 Å². The summed E-state index contributed by atoms with van der Waals surface area (Å²) < 4.78 is 5.28. The molecule has 0 amide bonds. The third kappa shape index (κ3) is 3.82. The predicted octanol–water partition coefficient (Wildman–Crippen LogP) is -1.00. The normalized spacial score (nSPS) is 10.1. The van der Waals surface area contributed by atoms with Crippen LogP contribution in [-0.2, 0) is 5.41 Å². The SMILES string of the molecule is COc1c(C)ccc([O-])c1C(C)(C)C.[Br-].[Mg+2]. The molecule has 1 aromatic rings. The second kappa shape index (κ2) is 6.72. The van der Waals surface area contributed by atoms with E-state index in [1.54, 1.807) is 19.2 Å². The molecule has 0 spiro atoms. The Labute approximate surface area is 124 Å². The zero-order valence-corrected chi connectivity index (χ0v) is 13.6. The van der Waals surface area contributed by atoms with E-state index in [-0.39, 0.29) is 51.2 Å². The molecule has 0 saturated carbocycles. The summed E-state index contributed by atoms with van der Waals surface area (Å²) in [6, 6.07) is 3.41. The molecule has 16 heavy (non-hydrogen) atoms. The van der Waals surface area contributed by atoms with Gasteiger partial charge < -0.3 is 26.8 Å². The first-order valence-corrected chi connectivity index (χ1v) is 4.73. The summed E-state index contributed by atoms with van der Waals surface area (Å²) in [5.41, 5.74) is 1.60. The monoisotopic (exact) mass is 296 g/mol. The number of ether oxygens (including phenoxy) is 1. The average molecular weight is 297 g/mol. The quantitative estimate of drug-likeness (QED) is 0.623. The van der Waals surface area contributed by atoms with Crippen LogP contribution in [0.1, 0.15) is 31.9 Å². The molecule has 0 aromatic heterocycles. The molecule has 86 valence electrons. The van der Waals surface area contributed by atoms with E-state index in [1.807, 2.05) is 27.7 Å². The fraction of sp³-hybridized carbons (Fsp3) is 0.500. The molecule has 1 aromatic carbocycles. The zero-order valence-electron chi connectivity index (χ0n) is 10.6. The fourth-order valence-corrected chi connectivity index (χ4v) is 1.64. The van der Waals surface area contributed by atoms with Crippen LogP contribution in [0.4, 0.5) is 0 Å². The van der Waals surface area contributed by atoms with Crippen molar-refractivity contribution in [2.24, 2.45) is 0 Å². The number of methoxy groups -OCH3 is 1. The maximum atomic E-state index is 11.7. The molecule has 1 rings (SSSR count). The Hall–Kier alpha value is 0.0662. The largest absolute Gasteiger partial charge is 2.00 e. The van der Waals surface area contributed by atoms with E-state index in [1.165, 1.54) is 0 Å². The van der Waals surface area contributed by atoms with Crippen LogP contribution >= 0.6 is 0 Å². The van der Waals surface area contributed by atoms with Crippen molar-refractivity contribution < 1.29 is 26.8 Å². The second-order valence-electron chi connectivity index (χ2n) is 4.54. The van der Waals surface area contributed by atoms with E-state index in [0.29, 0.717) is 0 Å². The number of benzene rings is 1. The van der Waals surface area contributed by atoms with E-state index in [4.69, 9.17) is 4.74 Å². The average Bonchev–Trinajstić information content (AvgIpc) is 2.06. The van der Waals surface area contributed by atoms with Gasteiger partial charge >= 0.3 is 23.1 Å². The summed E-state index contributed by atoms with van der Waals surface area (Å²) in [6.45, 7) is 8.01. The Bertz CT molecular complexity index is 346.